The summed E-state index contributed by atoms with van der Waals surface area (Å²) in [6, 6.07) is 6.52. The second kappa shape index (κ2) is 8.70. The SMILES string of the molecule is CC(=O)NC(C)CCNc1ccnc(-c2ccc(OC(F)(F)F)c(F)c2)c1. The number of hydrogen-bond donors (Lipinski definition) is 2. The highest BCUT2D eigenvalue weighted by Gasteiger charge is 2.32. The van der Waals surface area contributed by atoms with E-state index >= 15 is 0 Å². The van der Waals surface area contributed by atoms with Crippen LogP contribution in [0.5, 0.6) is 5.75 Å². The van der Waals surface area contributed by atoms with Crippen LogP contribution >= 0.6 is 0 Å². The second-order valence-electron chi connectivity index (χ2n) is 5.94. The van der Waals surface area contributed by atoms with E-state index in [1.165, 1.54) is 19.2 Å². The summed E-state index contributed by atoms with van der Waals surface area (Å²) in [6.07, 6.45) is -2.76. The van der Waals surface area contributed by atoms with Crippen LogP contribution < -0.4 is 15.4 Å². The van der Waals surface area contributed by atoms with Gasteiger partial charge >= 0.3 is 6.36 Å². The van der Waals surface area contributed by atoms with Crippen molar-refractivity contribution in [3.8, 4) is 17.0 Å². The third-order valence-electron chi connectivity index (χ3n) is 3.57. The molecular formula is C18H19F4N3O2. The van der Waals surface area contributed by atoms with Crippen LogP contribution in [0.3, 0.4) is 0 Å². The molecule has 0 aliphatic carbocycles. The highest BCUT2D eigenvalue weighted by molar-refractivity contribution is 5.73. The maximum Gasteiger partial charge on any atom is 0.573 e. The van der Waals surface area contributed by atoms with Crippen molar-refractivity contribution in [1.29, 1.82) is 0 Å². The van der Waals surface area contributed by atoms with E-state index in [4.69, 9.17) is 0 Å². The van der Waals surface area contributed by atoms with Gasteiger partial charge in [0.15, 0.2) is 11.6 Å². The van der Waals surface area contributed by atoms with Crippen molar-refractivity contribution >= 4 is 11.6 Å². The van der Waals surface area contributed by atoms with Gasteiger partial charge in [0.25, 0.3) is 0 Å². The number of nitrogens with zero attached hydrogens (tertiary/aromatic N) is 1. The Bertz CT molecular complexity index is 796. The molecule has 0 radical (unpaired) electrons. The molecule has 0 saturated heterocycles. The first-order valence-corrected chi connectivity index (χ1v) is 8.17. The Morgan fingerprint density at radius 2 is 2.00 bits per heavy atom. The number of benzene rings is 1. The molecule has 146 valence electrons. The van der Waals surface area contributed by atoms with Gasteiger partial charge in [-0.15, -0.1) is 13.2 Å². The van der Waals surface area contributed by atoms with Crippen molar-refractivity contribution in [2.45, 2.75) is 32.7 Å². The van der Waals surface area contributed by atoms with Crippen molar-refractivity contribution in [1.82, 2.24) is 10.3 Å². The predicted octanol–water partition coefficient (Wildman–Crippen LogP) is 4.11. The molecule has 1 unspecified atom stereocenters. The van der Waals surface area contributed by atoms with E-state index in [1.807, 2.05) is 6.92 Å². The Labute approximate surface area is 153 Å². The fourth-order valence-corrected chi connectivity index (χ4v) is 2.42. The molecule has 0 aliphatic rings. The summed E-state index contributed by atoms with van der Waals surface area (Å²) >= 11 is 0. The van der Waals surface area contributed by atoms with Crippen molar-refractivity contribution in [2.75, 3.05) is 11.9 Å². The lowest BCUT2D eigenvalue weighted by molar-refractivity contribution is -0.275. The van der Waals surface area contributed by atoms with Crippen LogP contribution in [-0.4, -0.2) is 29.8 Å². The molecular weight excluding hydrogens is 366 g/mol. The third kappa shape index (κ3) is 6.76. The molecule has 2 N–H and O–H groups in total. The average molecular weight is 385 g/mol. The number of carbonyl (C=O) groups is 1. The molecule has 9 heteroatoms. The summed E-state index contributed by atoms with van der Waals surface area (Å²) in [5, 5.41) is 5.93. The van der Waals surface area contributed by atoms with Crippen LogP contribution in [0.25, 0.3) is 11.3 Å². The zero-order valence-corrected chi connectivity index (χ0v) is 14.7. The highest BCUT2D eigenvalue weighted by atomic mass is 19.4. The van der Waals surface area contributed by atoms with Crippen LogP contribution in [0.1, 0.15) is 20.3 Å². The molecule has 5 nitrogen and oxygen atoms in total. The number of hydrogen-bond acceptors (Lipinski definition) is 4. The lowest BCUT2D eigenvalue weighted by Gasteiger charge is -2.14. The zero-order chi connectivity index (χ0) is 20.0. The van der Waals surface area contributed by atoms with E-state index in [-0.39, 0.29) is 11.9 Å². The molecule has 1 atom stereocenters. The van der Waals surface area contributed by atoms with Gasteiger partial charge in [-0.2, -0.15) is 0 Å². The van der Waals surface area contributed by atoms with Crippen LogP contribution in [0.15, 0.2) is 36.5 Å². The summed E-state index contributed by atoms with van der Waals surface area (Å²) in [4.78, 5) is 15.1. The maximum absolute atomic E-state index is 13.9. The molecule has 27 heavy (non-hydrogen) atoms. The van der Waals surface area contributed by atoms with Gasteiger partial charge in [0.2, 0.25) is 5.91 Å². The fourth-order valence-electron chi connectivity index (χ4n) is 2.42. The van der Waals surface area contributed by atoms with E-state index < -0.39 is 17.9 Å². The summed E-state index contributed by atoms with van der Waals surface area (Å²) < 4.78 is 54.1. The number of halogens is 4. The van der Waals surface area contributed by atoms with E-state index in [2.05, 4.69) is 20.4 Å². The number of rotatable bonds is 7. The number of carbonyl (C=O) groups excluding carboxylic acids is 1. The molecule has 1 heterocycles. The number of anilines is 1. The number of pyridine rings is 1. The van der Waals surface area contributed by atoms with E-state index in [0.29, 0.717) is 29.9 Å². The average Bonchev–Trinajstić information content (AvgIpc) is 2.55. The topological polar surface area (TPSA) is 63.2 Å². The minimum absolute atomic E-state index is 0.00609. The molecule has 1 aromatic heterocycles. The Kier molecular flexibility index (Phi) is 6.59. The maximum atomic E-state index is 13.9. The van der Waals surface area contributed by atoms with Crippen molar-refractivity contribution < 1.29 is 27.1 Å². The van der Waals surface area contributed by atoms with Crippen molar-refractivity contribution in [3.05, 3.63) is 42.3 Å². The van der Waals surface area contributed by atoms with Crippen LogP contribution in [-0.2, 0) is 4.79 Å². The van der Waals surface area contributed by atoms with Gasteiger partial charge in [-0.05, 0) is 43.7 Å². The molecule has 2 aromatic rings. The minimum Gasteiger partial charge on any atom is -0.403 e. The molecule has 1 aromatic carbocycles. The van der Waals surface area contributed by atoms with Gasteiger partial charge in [0.1, 0.15) is 0 Å². The van der Waals surface area contributed by atoms with E-state index in [1.54, 1.807) is 12.1 Å². The summed E-state index contributed by atoms with van der Waals surface area (Å²) in [7, 11) is 0. The monoisotopic (exact) mass is 385 g/mol. The van der Waals surface area contributed by atoms with Crippen LogP contribution in [0.2, 0.25) is 0 Å². The molecule has 0 spiro atoms. The standard InChI is InChI=1S/C18H19F4N3O2/c1-11(25-12(2)26)5-7-23-14-6-8-24-16(10-14)13-3-4-17(15(19)9-13)27-18(20,21)22/h3-4,6,8-11H,5,7H2,1-2H3,(H,23,24)(H,25,26). The van der Waals surface area contributed by atoms with Gasteiger partial charge < -0.3 is 15.4 Å². The van der Waals surface area contributed by atoms with Gasteiger partial charge in [0.05, 0.1) is 5.69 Å². The molecule has 0 bridgehead atoms. The number of nitrogens with one attached hydrogen (secondary N) is 2. The molecule has 0 fully saturated rings. The number of amides is 1. The Hall–Kier alpha value is -2.84. The number of aromatic nitrogens is 1. The lowest BCUT2D eigenvalue weighted by atomic mass is 10.1. The van der Waals surface area contributed by atoms with Gasteiger partial charge in [0, 0.05) is 37.0 Å². The smallest absolute Gasteiger partial charge is 0.403 e. The number of ether oxygens (including phenoxy) is 1. The first-order valence-electron chi connectivity index (χ1n) is 8.17. The molecule has 0 saturated carbocycles. The van der Waals surface area contributed by atoms with Gasteiger partial charge in [-0.3, -0.25) is 9.78 Å². The van der Waals surface area contributed by atoms with Crippen LogP contribution in [0.4, 0.5) is 23.2 Å². The van der Waals surface area contributed by atoms with Crippen LogP contribution in [0, 0.1) is 5.82 Å². The summed E-state index contributed by atoms with van der Waals surface area (Å²) in [6.45, 7) is 3.91. The second-order valence-corrected chi connectivity index (χ2v) is 5.94. The number of alkyl halides is 3. The lowest BCUT2D eigenvalue weighted by Crippen LogP contribution is -2.31. The van der Waals surface area contributed by atoms with Gasteiger partial charge in [-0.25, -0.2) is 4.39 Å². The predicted molar refractivity (Wildman–Crippen MR) is 92.7 cm³/mol. The minimum atomic E-state index is -4.96. The molecule has 1 amide bonds. The zero-order valence-electron chi connectivity index (χ0n) is 14.7. The van der Waals surface area contributed by atoms with E-state index in [0.717, 1.165) is 12.1 Å². The van der Waals surface area contributed by atoms with Crippen molar-refractivity contribution in [3.63, 3.8) is 0 Å². The van der Waals surface area contributed by atoms with Crippen molar-refractivity contribution in [2.24, 2.45) is 0 Å². The largest absolute Gasteiger partial charge is 0.573 e. The normalized spacial score (nSPS) is 12.4. The first kappa shape index (κ1) is 20.5. The Morgan fingerprint density at radius 1 is 1.26 bits per heavy atom. The van der Waals surface area contributed by atoms with Gasteiger partial charge in [-0.1, -0.05) is 0 Å². The molecule has 2 rings (SSSR count). The quantitative estimate of drug-likeness (QED) is 0.704. The third-order valence-corrected chi connectivity index (χ3v) is 3.57. The highest BCUT2D eigenvalue weighted by Crippen LogP contribution is 2.29. The molecule has 0 aliphatic heterocycles. The summed E-state index contributed by atoms with van der Waals surface area (Å²) in [5.41, 5.74) is 1.43. The Morgan fingerprint density at radius 3 is 2.63 bits per heavy atom. The van der Waals surface area contributed by atoms with E-state index in [9.17, 15) is 22.4 Å². The first-order chi connectivity index (χ1) is 12.6. The summed E-state index contributed by atoms with van der Waals surface area (Å²) in [5.74, 6) is -2.13. The Balaban J connectivity index is 2.04. The fraction of sp³-hybridized carbons (Fsp3) is 0.333.